The highest BCUT2D eigenvalue weighted by Crippen LogP contribution is 2.14. The van der Waals surface area contributed by atoms with Crippen LogP contribution in [-0.4, -0.2) is 35.9 Å². The Kier molecular flexibility index (Phi) is 5.92. The van der Waals surface area contributed by atoms with Gasteiger partial charge in [-0.15, -0.1) is 0 Å². The monoisotopic (exact) mass is 279 g/mol. The highest BCUT2D eigenvalue weighted by molar-refractivity contribution is 7.80. The van der Waals surface area contributed by atoms with E-state index >= 15 is 0 Å². The second-order valence-corrected chi connectivity index (χ2v) is 5.49. The molecule has 104 valence electrons. The molecule has 0 bridgehead atoms. The number of thiocarbonyl (C=S) groups is 1. The Morgan fingerprint density at radius 2 is 2.05 bits per heavy atom. The van der Waals surface area contributed by atoms with Crippen LogP contribution in [0.25, 0.3) is 0 Å². The van der Waals surface area contributed by atoms with Crippen molar-refractivity contribution in [1.82, 2.24) is 4.90 Å². The van der Waals surface area contributed by atoms with E-state index in [4.69, 9.17) is 18.0 Å². The minimum Gasteiger partial charge on any atom is -0.389 e. The number of para-hydroxylation sites is 1. The van der Waals surface area contributed by atoms with Gasteiger partial charge < -0.3 is 11.1 Å². The molecule has 0 aromatic heterocycles. The van der Waals surface area contributed by atoms with Crippen LogP contribution in [-0.2, 0) is 4.79 Å². The first-order chi connectivity index (χ1) is 8.90. The summed E-state index contributed by atoms with van der Waals surface area (Å²) in [6.45, 7) is 5.47. The molecule has 1 aromatic carbocycles. The lowest BCUT2D eigenvalue weighted by Gasteiger charge is -2.18. The van der Waals surface area contributed by atoms with Crippen LogP contribution in [0.1, 0.15) is 19.4 Å². The maximum absolute atomic E-state index is 11.9. The molecule has 0 unspecified atom stereocenters. The molecular formula is C14H21N3OS. The Balaban J connectivity index is 2.65. The topological polar surface area (TPSA) is 58.4 Å². The molecule has 0 aliphatic heterocycles. The SMILES string of the molecule is CC(C)CN(C)CC(=O)Nc1ccccc1C(N)=S. The molecule has 3 N–H and O–H groups in total. The number of anilines is 1. The van der Waals surface area contributed by atoms with Gasteiger partial charge in [0.1, 0.15) is 4.99 Å². The van der Waals surface area contributed by atoms with Crippen LogP contribution in [0.4, 0.5) is 5.69 Å². The van der Waals surface area contributed by atoms with Crippen molar-refractivity contribution < 1.29 is 4.79 Å². The minimum absolute atomic E-state index is 0.0631. The Morgan fingerprint density at radius 1 is 1.42 bits per heavy atom. The Labute approximate surface area is 120 Å². The van der Waals surface area contributed by atoms with Crippen molar-refractivity contribution in [2.24, 2.45) is 11.7 Å². The molecule has 0 spiro atoms. The van der Waals surface area contributed by atoms with Gasteiger partial charge in [0.05, 0.1) is 12.2 Å². The van der Waals surface area contributed by atoms with Crippen LogP contribution in [0.5, 0.6) is 0 Å². The van der Waals surface area contributed by atoms with E-state index in [1.807, 2.05) is 24.1 Å². The molecule has 0 saturated carbocycles. The number of carbonyl (C=O) groups is 1. The number of benzene rings is 1. The molecule has 0 heterocycles. The molecule has 4 nitrogen and oxygen atoms in total. The second-order valence-electron chi connectivity index (χ2n) is 5.05. The first kappa shape index (κ1) is 15.6. The maximum atomic E-state index is 11.9. The summed E-state index contributed by atoms with van der Waals surface area (Å²) in [5, 5.41) is 2.85. The quantitative estimate of drug-likeness (QED) is 0.780. The number of nitrogens with zero attached hydrogens (tertiary/aromatic N) is 1. The molecule has 1 rings (SSSR count). The summed E-state index contributed by atoms with van der Waals surface area (Å²) >= 11 is 4.96. The second kappa shape index (κ2) is 7.21. The lowest BCUT2D eigenvalue weighted by Crippen LogP contribution is -2.33. The predicted octanol–water partition coefficient (Wildman–Crippen LogP) is 1.85. The fraction of sp³-hybridized carbons (Fsp3) is 0.429. The number of likely N-dealkylation sites (N-methyl/N-ethyl adjacent to an activating group) is 1. The molecule has 0 atom stereocenters. The lowest BCUT2D eigenvalue weighted by atomic mass is 10.1. The summed E-state index contributed by atoms with van der Waals surface area (Å²) in [7, 11) is 1.93. The van der Waals surface area contributed by atoms with Gasteiger partial charge in [-0.3, -0.25) is 9.69 Å². The van der Waals surface area contributed by atoms with E-state index in [0.29, 0.717) is 23.7 Å². The molecular weight excluding hydrogens is 258 g/mol. The van der Waals surface area contributed by atoms with Gasteiger partial charge in [0, 0.05) is 12.1 Å². The lowest BCUT2D eigenvalue weighted by molar-refractivity contribution is -0.117. The fourth-order valence-corrected chi connectivity index (χ4v) is 2.11. The summed E-state index contributed by atoms with van der Waals surface area (Å²) < 4.78 is 0. The molecule has 5 heteroatoms. The van der Waals surface area contributed by atoms with Gasteiger partial charge in [0.15, 0.2) is 0 Å². The van der Waals surface area contributed by atoms with Gasteiger partial charge in [0.25, 0.3) is 0 Å². The van der Waals surface area contributed by atoms with Crippen molar-refractivity contribution in [3.8, 4) is 0 Å². The number of nitrogens with two attached hydrogens (primary N) is 1. The smallest absolute Gasteiger partial charge is 0.238 e. The van der Waals surface area contributed by atoms with Gasteiger partial charge in [-0.1, -0.05) is 38.2 Å². The van der Waals surface area contributed by atoms with Crippen LogP contribution >= 0.6 is 12.2 Å². The average Bonchev–Trinajstić information content (AvgIpc) is 2.27. The largest absolute Gasteiger partial charge is 0.389 e. The third-order valence-corrected chi connectivity index (χ3v) is 2.78. The van der Waals surface area contributed by atoms with Crippen LogP contribution in [0.2, 0.25) is 0 Å². The molecule has 1 aromatic rings. The highest BCUT2D eigenvalue weighted by atomic mass is 32.1. The number of nitrogens with one attached hydrogen (secondary N) is 1. The summed E-state index contributed by atoms with van der Waals surface area (Å²) in [5.41, 5.74) is 6.98. The van der Waals surface area contributed by atoms with Crippen molar-refractivity contribution >= 4 is 28.8 Å². The zero-order valence-corrected chi connectivity index (χ0v) is 12.5. The number of hydrogen-bond acceptors (Lipinski definition) is 3. The molecule has 0 aliphatic carbocycles. The van der Waals surface area contributed by atoms with E-state index in [1.54, 1.807) is 12.1 Å². The zero-order chi connectivity index (χ0) is 14.4. The summed E-state index contributed by atoms with van der Waals surface area (Å²) in [6.07, 6.45) is 0. The molecule has 0 radical (unpaired) electrons. The van der Waals surface area contributed by atoms with E-state index in [0.717, 1.165) is 6.54 Å². The van der Waals surface area contributed by atoms with Crippen molar-refractivity contribution in [3.05, 3.63) is 29.8 Å². The van der Waals surface area contributed by atoms with E-state index < -0.39 is 0 Å². The Hall–Kier alpha value is -1.46. The maximum Gasteiger partial charge on any atom is 0.238 e. The Morgan fingerprint density at radius 3 is 2.63 bits per heavy atom. The molecule has 0 aliphatic rings. The third-order valence-electron chi connectivity index (χ3n) is 2.56. The Bertz CT molecular complexity index is 460. The van der Waals surface area contributed by atoms with Crippen molar-refractivity contribution in [2.75, 3.05) is 25.5 Å². The summed E-state index contributed by atoms with van der Waals surface area (Å²) in [5.74, 6) is 0.466. The first-order valence-electron chi connectivity index (χ1n) is 6.27. The molecule has 0 saturated heterocycles. The van der Waals surface area contributed by atoms with Gasteiger partial charge in [0.2, 0.25) is 5.91 Å². The van der Waals surface area contributed by atoms with Crippen LogP contribution in [0.3, 0.4) is 0 Å². The van der Waals surface area contributed by atoms with Gasteiger partial charge in [-0.2, -0.15) is 0 Å². The fourth-order valence-electron chi connectivity index (χ4n) is 1.93. The normalized spacial score (nSPS) is 10.8. The van der Waals surface area contributed by atoms with Gasteiger partial charge >= 0.3 is 0 Å². The van der Waals surface area contributed by atoms with E-state index in [9.17, 15) is 4.79 Å². The van der Waals surface area contributed by atoms with Crippen LogP contribution in [0, 0.1) is 5.92 Å². The average molecular weight is 279 g/mol. The van der Waals surface area contributed by atoms with Crippen molar-refractivity contribution in [1.29, 1.82) is 0 Å². The minimum atomic E-state index is -0.0631. The van der Waals surface area contributed by atoms with E-state index in [1.165, 1.54) is 0 Å². The summed E-state index contributed by atoms with van der Waals surface area (Å²) in [4.78, 5) is 14.2. The van der Waals surface area contributed by atoms with E-state index in [2.05, 4.69) is 19.2 Å². The number of carbonyl (C=O) groups excluding carboxylic acids is 1. The first-order valence-corrected chi connectivity index (χ1v) is 6.68. The molecule has 0 fully saturated rings. The molecule has 1 amide bonds. The zero-order valence-electron chi connectivity index (χ0n) is 11.6. The third kappa shape index (κ3) is 5.36. The standard InChI is InChI=1S/C14H21N3OS/c1-10(2)8-17(3)9-13(18)16-12-7-5-4-6-11(12)14(15)19/h4-7,10H,8-9H2,1-3H3,(H2,15,19)(H,16,18). The summed E-state index contributed by atoms with van der Waals surface area (Å²) in [6, 6.07) is 7.29. The highest BCUT2D eigenvalue weighted by Gasteiger charge is 2.11. The number of hydrogen-bond donors (Lipinski definition) is 2. The van der Waals surface area contributed by atoms with Crippen molar-refractivity contribution in [3.63, 3.8) is 0 Å². The van der Waals surface area contributed by atoms with Gasteiger partial charge in [-0.25, -0.2) is 0 Å². The van der Waals surface area contributed by atoms with E-state index in [-0.39, 0.29) is 10.9 Å². The predicted molar refractivity (Wildman–Crippen MR) is 83.3 cm³/mol. The number of amides is 1. The van der Waals surface area contributed by atoms with Crippen LogP contribution in [0.15, 0.2) is 24.3 Å². The van der Waals surface area contributed by atoms with Gasteiger partial charge in [-0.05, 0) is 25.1 Å². The van der Waals surface area contributed by atoms with Crippen molar-refractivity contribution in [2.45, 2.75) is 13.8 Å². The number of rotatable bonds is 6. The molecule has 19 heavy (non-hydrogen) atoms. The van der Waals surface area contributed by atoms with Crippen LogP contribution < -0.4 is 11.1 Å².